The lowest BCUT2D eigenvalue weighted by atomic mass is 9.79. The van der Waals surface area contributed by atoms with Gasteiger partial charge in [0.1, 0.15) is 0 Å². The Labute approximate surface area is 174 Å². The Morgan fingerprint density at radius 3 is 2.59 bits per heavy atom. The Morgan fingerprint density at radius 1 is 1.07 bits per heavy atom. The highest BCUT2D eigenvalue weighted by Crippen LogP contribution is 2.41. The molecule has 0 aliphatic heterocycles. The van der Waals surface area contributed by atoms with Crippen LogP contribution in [0.1, 0.15) is 36.6 Å². The van der Waals surface area contributed by atoms with Gasteiger partial charge in [0.05, 0.1) is 21.1 Å². The molecule has 0 bridgehead atoms. The van der Waals surface area contributed by atoms with Crippen LogP contribution in [-0.4, -0.2) is 30.5 Å². The molecule has 5 nitrogen and oxygen atoms in total. The first-order chi connectivity index (χ1) is 14.1. The molecule has 0 saturated heterocycles. The van der Waals surface area contributed by atoms with Gasteiger partial charge in [-0.15, -0.1) is 11.3 Å². The van der Waals surface area contributed by atoms with Crippen LogP contribution in [0, 0.1) is 5.92 Å². The zero-order valence-electron chi connectivity index (χ0n) is 16.4. The van der Waals surface area contributed by atoms with Crippen LogP contribution in [0.3, 0.4) is 0 Å². The molecule has 1 aromatic heterocycles. The fraction of sp³-hybridized carbons (Fsp3) is 0.348. The van der Waals surface area contributed by atoms with Crippen molar-refractivity contribution in [2.24, 2.45) is 5.92 Å². The number of ether oxygens (including phenoxy) is 1. The fourth-order valence-corrected chi connectivity index (χ4v) is 5.06. The van der Waals surface area contributed by atoms with E-state index in [1.54, 1.807) is 18.4 Å². The molecule has 29 heavy (non-hydrogen) atoms. The zero-order valence-corrected chi connectivity index (χ0v) is 17.2. The van der Waals surface area contributed by atoms with Gasteiger partial charge in [0, 0.05) is 18.7 Å². The van der Waals surface area contributed by atoms with Gasteiger partial charge >= 0.3 is 5.97 Å². The van der Waals surface area contributed by atoms with E-state index in [0.29, 0.717) is 0 Å². The van der Waals surface area contributed by atoms with E-state index in [9.17, 15) is 9.59 Å². The van der Waals surface area contributed by atoms with Crippen LogP contribution in [0.2, 0.25) is 0 Å². The minimum absolute atomic E-state index is 0.0654. The number of amides is 1. The molecule has 2 aromatic carbocycles. The quantitative estimate of drug-likeness (QED) is 0.570. The summed E-state index contributed by atoms with van der Waals surface area (Å²) in [4.78, 5) is 31.6. The summed E-state index contributed by atoms with van der Waals surface area (Å²) in [5.41, 5.74) is 1.75. The summed E-state index contributed by atoms with van der Waals surface area (Å²) in [7, 11) is 1.69. The summed E-state index contributed by atoms with van der Waals surface area (Å²) in [6.45, 7) is -0.243. The molecule has 0 N–H and O–H groups in total. The lowest BCUT2D eigenvalue weighted by Gasteiger charge is -2.28. The number of anilines is 1. The van der Waals surface area contributed by atoms with Crippen molar-refractivity contribution in [1.29, 1.82) is 0 Å². The minimum atomic E-state index is -0.288. The van der Waals surface area contributed by atoms with Crippen LogP contribution in [0.4, 0.5) is 5.69 Å². The van der Waals surface area contributed by atoms with Gasteiger partial charge in [0.15, 0.2) is 6.61 Å². The van der Waals surface area contributed by atoms with Crippen molar-refractivity contribution < 1.29 is 14.3 Å². The molecule has 1 aliphatic rings. The molecule has 1 heterocycles. The number of para-hydroxylation sites is 2. The molecule has 0 unspecified atom stereocenters. The molecular weight excluding hydrogens is 384 g/mol. The molecular formula is C23H24N2O3S. The summed E-state index contributed by atoms with van der Waals surface area (Å²) in [6.07, 6.45) is 3.79. The highest BCUT2D eigenvalue weighted by Gasteiger charge is 2.35. The number of likely N-dealkylation sites (N-methyl/N-ethyl adjacent to an activating group) is 1. The van der Waals surface area contributed by atoms with Crippen LogP contribution in [0.5, 0.6) is 0 Å². The van der Waals surface area contributed by atoms with Crippen molar-refractivity contribution >= 4 is 39.1 Å². The molecule has 3 aromatic rings. The van der Waals surface area contributed by atoms with Gasteiger partial charge in [-0.3, -0.25) is 9.59 Å². The van der Waals surface area contributed by atoms with Crippen molar-refractivity contribution in [2.45, 2.75) is 31.6 Å². The summed E-state index contributed by atoms with van der Waals surface area (Å²) in [5.74, 6) is -0.699. The van der Waals surface area contributed by atoms with E-state index in [1.807, 2.05) is 48.5 Å². The minimum Gasteiger partial charge on any atom is -0.455 e. The maximum absolute atomic E-state index is 12.8. The van der Waals surface area contributed by atoms with E-state index in [-0.39, 0.29) is 30.3 Å². The second-order valence-electron chi connectivity index (χ2n) is 7.41. The molecule has 4 rings (SSSR count). The van der Waals surface area contributed by atoms with Gasteiger partial charge in [-0.05, 0) is 37.1 Å². The molecule has 2 atom stereocenters. The van der Waals surface area contributed by atoms with Gasteiger partial charge in [0.25, 0.3) is 5.91 Å². The predicted molar refractivity (Wildman–Crippen MR) is 115 cm³/mol. The number of carbonyl (C=O) groups is 2. The Balaban J connectivity index is 1.43. The summed E-state index contributed by atoms with van der Waals surface area (Å²) in [6, 6.07) is 17.4. The fourth-order valence-electron chi connectivity index (χ4n) is 3.89. The van der Waals surface area contributed by atoms with Crippen molar-refractivity contribution in [3.05, 3.63) is 59.6 Å². The average molecular weight is 409 g/mol. The zero-order chi connectivity index (χ0) is 20.2. The molecule has 1 amide bonds. The third kappa shape index (κ3) is 4.32. The largest absolute Gasteiger partial charge is 0.455 e. The third-order valence-corrected chi connectivity index (χ3v) is 6.72. The molecule has 150 valence electrons. The van der Waals surface area contributed by atoms with Crippen LogP contribution in [0.25, 0.3) is 10.2 Å². The molecule has 6 heteroatoms. The van der Waals surface area contributed by atoms with Crippen LogP contribution >= 0.6 is 11.3 Å². The van der Waals surface area contributed by atoms with Crippen molar-refractivity contribution in [3.63, 3.8) is 0 Å². The number of aromatic nitrogens is 1. The first-order valence-corrected chi connectivity index (χ1v) is 10.8. The lowest BCUT2D eigenvalue weighted by Crippen LogP contribution is -2.34. The number of thiazole rings is 1. The number of hydrogen-bond acceptors (Lipinski definition) is 5. The van der Waals surface area contributed by atoms with E-state index in [1.165, 1.54) is 4.90 Å². The maximum atomic E-state index is 12.8. The van der Waals surface area contributed by atoms with Gasteiger partial charge in [-0.1, -0.05) is 43.2 Å². The van der Waals surface area contributed by atoms with Crippen LogP contribution < -0.4 is 4.90 Å². The lowest BCUT2D eigenvalue weighted by molar-refractivity contribution is -0.153. The van der Waals surface area contributed by atoms with Crippen LogP contribution in [0.15, 0.2) is 54.6 Å². The van der Waals surface area contributed by atoms with E-state index < -0.39 is 0 Å². The number of hydrogen-bond donors (Lipinski definition) is 0. The van der Waals surface area contributed by atoms with Crippen molar-refractivity contribution in [1.82, 2.24) is 4.98 Å². The average Bonchev–Trinajstić information content (AvgIpc) is 3.21. The molecule has 1 aliphatic carbocycles. The highest BCUT2D eigenvalue weighted by molar-refractivity contribution is 7.18. The van der Waals surface area contributed by atoms with E-state index in [4.69, 9.17) is 9.72 Å². The normalized spacial score (nSPS) is 19.1. The Morgan fingerprint density at radius 2 is 1.79 bits per heavy atom. The van der Waals surface area contributed by atoms with Gasteiger partial charge in [-0.2, -0.15) is 0 Å². The van der Waals surface area contributed by atoms with E-state index in [0.717, 1.165) is 46.6 Å². The van der Waals surface area contributed by atoms with Crippen molar-refractivity contribution in [2.75, 3.05) is 18.6 Å². The second-order valence-corrected chi connectivity index (χ2v) is 8.48. The number of benzene rings is 2. The second kappa shape index (κ2) is 8.74. The van der Waals surface area contributed by atoms with Gasteiger partial charge in [0.2, 0.25) is 0 Å². The third-order valence-electron chi connectivity index (χ3n) is 5.55. The van der Waals surface area contributed by atoms with Crippen molar-refractivity contribution in [3.8, 4) is 0 Å². The van der Waals surface area contributed by atoms with E-state index in [2.05, 4.69) is 6.07 Å². The summed E-state index contributed by atoms with van der Waals surface area (Å²) < 4.78 is 6.60. The number of esters is 1. The maximum Gasteiger partial charge on any atom is 0.310 e. The monoisotopic (exact) mass is 408 g/mol. The first-order valence-electron chi connectivity index (χ1n) is 9.97. The van der Waals surface area contributed by atoms with Gasteiger partial charge < -0.3 is 9.64 Å². The topological polar surface area (TPSA) is 59.5 Å². The standard InChI is InChI=1S/C23H24N2O3S/c1-25(16-9-3-2-4-10-16)21(26)15-28-23(27)18-12-6-5-11-17(18)22-24-19-13-7-8-14-20(19)29-22/h2-4,7-10,13-14,17-18H,5-6,11-12,15H2,1H3/t17-,18-/m0/s1. The van der Waals surface area contributed by atoms with Crippen LogP contribution in [-0.2, 0) is 14.3 Å². The molecule has 1 fully saturated rings. The Hall–Kier alpha value is -2.73. The Kier molecular flexibility index (Phi) is 5.90. The number of nitrogens with zero attached hydrogens (tertiary/aromatic N) is 2. The highest BCUT2D eigenvalue weighted by atomic mass is 32.1. The molecule has 0 spiro atoms. The number of carbonyl (C=O) groups excluding carboxylic acids is 2. The first kappa shape index (κ1) is 19.6. The smallest absolute Gasteiger partial charge is 0.310 e. The molecule has 1 saturated carbocycles. The predicted octanol–water partition coefficient (Wildman–Crippen LogP) is 4.78. The molecule has 0 radical (unpaired) electrons. The van der Waals surface area contributed by atoms with E-state index >= 15 is 0 Å². The summed E-state index contributed by atoms with van der Waals surface area (Å²) >= 11 is 1.66. The number of rotatable bonds is 5. The summed E-state index contributed by atoms with van der Waals surface area (Å²) in [5, 5.41) is 1.00. The number of fused-ring (bicyclic) bond motifs is 1. The SMILES string of the molecule is CN(C(=O)COC(=O)[C@H]1CCCC[C@@H]1c1nc2ccccc2s1)c1ccccc1. The van der Waals surface area contributed by atoms with Gasteiger partial charge in [-0.25, -0.2) is 4.98 Å². The Bertz CT molecular complexity index is 969.